The van der Waals surface area contributed by atoms with Gasteiger partial charge in [0.2, 0.25) is 0 Å². The smallest absolute Gasteiger partial charge is 0.407 e. The van der Waals surface area contributed by atoms with Crippen molar-refractivity contribution in [2.24, 2.45) is 5.41 Å². The van der Waals surface area contributed by atoms with Crippen molar-refractivity contribution in [2.45, 2.75) is 59.1 Å². The van der Waals surface area contributed by atoms with Gasteiger partial charge in [0, 0.05) is 44.6 Å². The highest BCUT2D eigenvalue weighted by Gasteiger charge is 2.28. The number of carbonyl (C=O) groups excluding carboxylic acids is 1. The molecule has 0 bridgehead atoms. The Balaban J connectivity index is 1.83. The number of ether oxygens (including phenoxy) is 2. The highest BCUT2D eigenvalue weighted by Crippen LogP contribution is 2.31. The number of amides is 1. The summed E-state index contributed by atoms with van der Waals surface area (Å²) in [5.74, 6) is 0. The third-order valence-electron chi connectivity index (χ3n) is 4.10. The highest BCUT2D eigenvalue weighted by molar-refractivity contribution is 5.67. The second kappa shape index (κ2) is 7.34. The monoisotopic (exact) mass is 323 g/mol. The van der Waals surface area contributed by atoms with E-state index in [9.17, 15) is 4.79 Å². The van der Waals surface area contributed by atoms with Crippen molar-refractivity contribution < 1.29 is 14.3 Å². The van der Waals surface area contributed by atoms with Crippen LogP contribution in [0, 0.1) is 5.41 Å². The van der Waals surface area contributed by atoms with Gasteiger partial charge in [0.15, 0.2) is 0 Å². The van der Waals surface area contributed by atoms with Gasteiger partial charge in [-0.05, 0) is 39.0 Å². The Kier molecular flexibility index (Phi) is 5.68. The summed E-state index contributed by atoms with van der Waals surface area (Å²) in [6.45, 7) is 11.0. The summed E-state index contributed by atoms with van der Waals surface area (Å²) < 4.78 is 12.9. The van der Waals surface area contributed by atoms with E-state index in [1.807, 2.05) is 33.3 Å². The number of alkyl carbamates (subject to hydrolysis) is 1. The number of hydrogen-bond acceptors (Lipinski definition) is 4. The van der Waals surface area contributed by atoms with Crippen LogP contribution >= 0.6 is 0 Å². The molecule has 1 aromatic heterocycles. The number of rotatable bonds is 5. The summed E-state index contributed by atoms with van der Waals surface area (Å²) in [4.78, 5) is 15.9. The zero-order valence-electron chi connectivity index (χ0n) is 14.7. The maximum atomic E-state index is 11.7. The van der Waals surface area contributed by atoms with Crippen molar-refractivity contribution in [3.05, 3.63) is 18.2 Å². The third-order valence-corrected chi connectivity index (χ3v) is 4.10. The maximum Gasteiger partial charge on any atom is 0.407 e. The van der Waals surface area contributed by atoms with Gasteiger partial charge in [0.1, 0.15) is 5.60 Å². The molecule has 1 amide bonds. The van der Waals surface area contributed by atoms with Crippen LogP contribution in [0.3, 0.4) is 0 Å². The van der Waals surface area contributed by atoms with Crippen molar-refractivity contribution in [1.82, 2.24) is 14.9 Å². The summed E-state index contributed by atoms with van der Waals surface area (Å²) in [5.41, 5.74) is 0.921. The molecule has 0 aliphatic carbocycles. The van der Waals surface area contributed by atoms with Crippen LogP contribution in [0.4, 0.5) is 4.79 Å². The van der Waals surface area contributed by atoms with Crippen molar-refractivity contribution in [3.8, 4) is 0 Å². The lowest BCUT2D eigenvalue weighted by Crippen LogP contribution is -2.34. The predicted octanol–water partition coefficient (Wildman–Crippen LogP) is 2.77. The minimum absolute atomic E-state index is 0.256. The number of carbonyl (C=O) groups is 1. The molecule has 1 saturated heterocycles. The third kappa shape index (κ3) is 5.86. The van der Waals surface area contributed by atoms with Gasteiger partial charge in [-0.3, -0.25) is 0 Å². The number of nitrogens with one attached hydrogen (secondary N) is 1. The molecule has 1 N–H and O–H groups in total. The van der Waals surface area contributed by atoms with Crippen LogP contribution in [-0.2, 0) is 22.4 Å². The van der Waals surface area contributed by atoms with E-state index in [1.165, 1.54) is 0 Å². The summed E-state index contributed by atoms with van der Waals surface area (Å²) >= 11 is 0. The Morgan fingerprint density at radius 3 is 2.78 bits per heavy atom. The summed E-state index contributed by atoms with van der Waals surface area (Å²) in [6.07, 6.45) is 6.26. The topological polar surface area (TPSA) is 65.4 Å². The molecule has 0 unspecified atom stereocenters. The first-order valence-electron chi connectivity index (χ1n) is 8.31. The van der Waals surface area contributed by atoms with Crippen LogP contribution in [0.15, 0.2) is 12.5 Å². The largest absolute Gasteiger partial charge is 0.444 e. The second-order valence-electron chi connectivity index (χ2n) is 7.61. The van der Waals surface area contributed by atoms with Crippen molar-refractivity contribution in [2.75, 3.05) is 19.8 Å². The van der Waals surface area contributed by atoms with Gasteiger partial charge in [-0.15, -0.1) is 0 Å². The average Bonchev–Trinajstić information content (AvgIpc) is 2.84. The van der Waals surface area contributed by atoms with Gasteiger partial charge >= 0.3 is 6.09 Å². The quantitative estimate of drug-likeness (QED) is 0.905. The van der Waals surface area contributed by atoms with Crippen LogP contribution in [0.5, 0.6) is 0 Å². The second-order valence-corrected chi connectivity index (χ2v) is 7.61. The number of nitrogens with zero attached hydrogens (tertiary/aromatic N) is 2. The average molecular weight is 323 g/mol. The zero-order chi connectivity index (χ0) is 16.9. The van der Waals surface area contributed by atoms with E-state index in [1.54, 1.807) is 0 Å². The van der Waals surface area contributed by atoms with Crippen molar-refractivity contribution >= 4 is 6.09 Å². The van der Waals surface area contributed by atoms with E-state index in [0.717, 1.165) is 44.7 Å². The van der Waals surface area contributed by atoms with Crippen LogP contribution < -0.4 is 5.32 Å². The molecule has 0 radical (unpaired) electrons. The fraction of sp³-hybridized carbons (Fsp3) is 0.765. The van der Waals surface area contributed by atoms with Gasteiger partial charge in [-0.2, -0.15) is 0 Å². The van der Waals surface area contributed by atoms with Gasteiger partial charge in [0.25, 0.3) is 0 Å². The molecule has 0 saturated carbocycles. The van der Waals surface area contributed by atoms with E-state index in [0.29, 0.717) is 6.54 Å². The molecule has 0 aromatic carbocycles. The van der Waals surface area contributed by atoms with Gasteiger partial charge in [0.05, 0.1) is 6.33 Å². The molecule has 2 rings (SSSR count). The molecule has 1 aliphatic heterocycles. The van der Waals surface area contributed by atoms with Gasteiger partial charge in [-0.25, -0.2) is 9.78 Å². The molecular weight excluding hydrogens is 294 g/mol. The summed E-state index contributed by atoms with van der Waals surface area (Å²) in [7, 11) is 0. The lowest BCUT2D eigenvalue weighted by Gasteiger charge is -2.34. The number of hydrogen-bond donors (Lipinski definition) is 1. The molecule has 0 atom stereocenters. The molecule has 23 heavy (non-hydrogen) atoms. The molecule has 2 heterocycles. The molecule has 1 aliphatic rings. The Morgan fingerprint density at radius 1 is 1.43 bits per heavy atom. The summed E-state index contributed by atoms with van der Waals surface area (Å²) in [6, 6.07) is 0. The van der Waals surface area contributed by atoms with Crippen LogP contribution in [-0.4, -0.2) is 41.0 Å². The Labute approximate surface area is 138 Å². The van der Waals surface area contributed by atoms with E-state index < -0.39 is 5.60 Å². The number of imidazole rings is 1. The first-order valence-corrected chi connectivity index (χ1v) is 8.31. The Hall–Kier alpha value is -1.56. The molecule has 6 heteroatoms. The molecule has 1 fully saturated rings. The van der Waals surface area contributed by atoms with Gasteiger partial charge < -0.3 is 19.4 Å². The Bertz CT molecular complexity index is 513. The van der Waals surface area contributed by atoms with Crippen molar-refractivity contribution in [1.29, 1.82) is 0 Å². The van der Waals surface area contributed by atoms with Crippen LogP contribution in [0.2, 0.25) is 0 Å². The minimum Gasteiger partial charge on any atom is -0.444 e. The molecular formula is C17H29N3O3. The van der Waals surface area contributed by atoms with Gasteiger partial charge in [-0.1, -0.05) is 6.92 Å². The molecule has 1 aromatic rings. The lowest BCUT2D eigenvalue weighted by atomic mass is 9.82. The predicted molar refractivity (Wildman–Crippen MR) is 88.3 cm³/mol. The van der Waals surface area contributed by atoms with Crippen LogP contribution in [0.25, 0.3) is 0 Å². The first kappa shape index (κ1) is 17.8. The maximum absolute atomic E-state index is 11.7. The first-order chi connectivity index (χ1) is 10.8. The van der Waals surface area contributed by atoms with E-state index in [4.69, 9.17) is 9.47 Å². The fourth-order valence-electron chi connectivity index (χ4n) is 2.74. The van der Waals surface area contributed by atoms with Crippen LogP contribution in [0.1, 0.15) is 46.2 Å². The summed E-state index contributed by atoms with van der Waals surface area (Å²) in [5, 5.41) is 2.80. The Morgan fingerprint density at radius 2 is 2.13 bits per heavy atom. The fourth-order valence-corrected chi connectivity index (χ4v) is 2.74. The normalized spacial score (nSPS) is 17.7. The molecule has 0 spiro atoms. The lowest BCUT2D eigenvalue weighted by molar-refractivity contribution is 0.0151. The minimum atomic E-state index is -0.469. The van der Waals surface area contributed by atoms with E-state index >= 15 is 0 Å². The molecule has 130 valence electrons. The highest BCUT2D eigenvalue weighted by atomic mass is 16.6. The standard InChI is InChI=1S/C17H29N3O3/c1-16(2,3)23-15(21)19-8-5-14-11-18-13-20(14)12-17(4)6-9-22-10-7-17/h11,13H,5-10,12H2,1-4H3,(H,19,21). The zero-order valence-corrected chi connectivity index (χ0v) is 14.7. The van der Waals surface area contributed by atoms with E-state index in [2.05, 4.69) is 21.8 Å². The molecule has 6 nitrogen and oxygen atoms in total. The number of aromatic nitrogens is 2. The SMILES string of the molecule is CC1(Cn2cncc2CCNC(=O)OC(C)(C)C)CCOCC1. The van der Waals surface area contributed by atoms with E-state index in [-0.39, 0.29) is 11.5 Å². The van der Waals surface area contributed by atoms with Crippen molar-refractivity contribution in [3.63, 3.8) is 0 Å².